The fraction of sp³-hybridized carbons (Fsp3) is 0.333. The number of nitrogens with zero attached hydrogens (tertiary/aromatic N) is 1. The van der Waals surface area contributed by atoms with E-state index in [0.29, 0.717) is 11.6 Å². The normalized spacial score (nSPS) is 11.1. The van der Waals surface area contributed by atoms with Gasteiger partial charge in [-0.1, -0.05) is 39.0 Å². The summed E-state index contributed by atoms with van der Waals surface area (Å²) < 4.78 is 5.50. The molecule has 4 nitrogen and oxygen atoms in total. The summed E-state index contributed by atoms with van der Waals surface area (Å²) in [4.78, 5) is 16.1. The van der Waals surface area contributed by atoms with Crippen LogP contribution in [0.2, 0.25) is 0 Å². The Labute approximate surface area is 131 Å². The van der Waals surface area contributed by atoms with Crippen LogP contribution in [0.4, 0.5) is 5.82 Å². The van der Waals surface area contributed by atoms with E-state index in [1.54, 1.807) is 6.07 Å². The van der Waals surface area contributed by atoms with Gasteiger partial charge in [0.2, 0.25) is 0 Å². The summed E-state index contributed by atoms with van der Waals surface area (Å²) in [6.07, 6.45) is 0. The lowest BCUT2D eigenvalue weighted by atomic mass is 9.87. The molecule has 1 aromatic carbocycles. The Kier molecular flexibility index (Phi) is 4.81. The van der Waals surface area contributed by atoms with Gasteiger partial charge in [-0.3, -0.25) is 4.79 Å². The lowest BCUT2D eigenvalue weighted by Gasteiger charge is -2.19. The second kappa shape index (κ2) is 6.60. The third-order valence-electron chi connectivity index (χ3n) is 3.25. The van der Waals surface area contributed by atoms with E-state index in [0.717, 1.165) is 5.69 Å². The number of pyridine rings is 1. The standard InChI is InChI=1S/C18H22N2O2/c1-13-6-5-7-16(19-13)20-17(21)12-22-15-10-8-14(9-11-15)18(2,3)4/h5-11H,12H2,1-4H3,(H,19,20,21). The molecule has 1 aromatic heterocycles. The SMILES string of the molecule is Cc1cccc(NC(=O)COc2ccc(C(C)(C)C)cc2)n1. The molecule has 0 spiro atoms. The summed E-state index contributed by atoms with van der Waals surface area (Å²) >= 11 is 0. The Hall–Kier alpha value is -2.36. The highest BCUT2D eigenvalue weighted by Gasteiger charge is 2.13. The first-order chi connectivity index (χ1) is 10.3. The van der Waals surface area contributed by atoms with E-state index in [-0.39, 0.29) is 17.9 Å². The molecule has 0 fully saturated rings. The number of amides is 1. The number of rotatable bonds is 4. The van der Waals surface area contributed by atoms with Crippen molar-refractivity contribution in [2.45, 2.75) is 33.1 Å². The van der Waals surface area contributed by atoms with Crippen molar-refractivity contribution in [3.05, 3.63) is 53.7 Å². The van der Waals surface area contributed by atoms with Gasteiger partial charge in [-0.25, -0.2) is 4.98 Å². The molecule has 0 saturated carbocycles. The summed E-state index contributed by atoms with van der Waals surface area (Å²) in [7, 11) is 0. The minimum atomic E-state index is -0.224. The number of carbonyl (C=O) groups is 1. The van der Waals surface area contributed by atoms with E-state index in [2.05, 4.69) is 31.1 Å². The zero-order chi connectivity index (χ0) is 16.2. The second-order valence-electron chi connectivity index (χ2n) is 6.28. The van der Waals surface area contributed by atoms with Gasteiger partial charge in [-0.2, -0.15) is 0 Å². The molecule has 2 aromatic rings. The summed E-state index contributed by atoms with van der Waals surface area (Å²) in [6, 6.07) is 13.3. The van der Waals surface area contributed by atoms with Gasteiger partial charge in [0, 0.05) is 5.69 Å². The molecule has 0 aliphatic rings. The summed E-state index contributed by atoms with van der Waals surface area (Å²) in [6.45, 7) is 8.31. The molecule has 0 aliphatic carbocycles. The molecule has 1 N–H and O–H groups in total. The maximum absolute atomic E-state index is 11.8. The van der Waals surface area contributed by atoms with E-state index < -0.39 is 0 Å². The van der Waals surface area contributed by atoms with Crippen LogP contribution < -0.4 is 10.1 Å². The lowest BCUT2D eigenvalue weighted by molar-refractivity contribution is -0.118. The topological polar surface area (TPSA) is 51.2 Å². The minimum absolute atomic E-state index is 0.0372. The van der Waals surface area contributed by atoms with Crippen molar-refractivity contribution < 1.29 is 9.53 Å². The number of benzene rings is 1. The Bertz CT molecular complexity index is 643. The van der Waals surface area contributed by atoms with E-state index in [1.807, 2.05) is 43.3 Å². The Morgan fingerprint density at radius 3 is 2.41 bits per heavy atom. The molecular weight excluding hydrogens is 276 g/mol. The highest BCUT2D eigenvalue weighted by Crippen LogP contribution is 2.24. The first kappa shape index (κ1) is 16.0. The third-order valence-corrected chi connectivity index (χ3v) is 3.25. The van der Waals surface area contributed by atoms with Crippen molar-refractivity contribution in [3.8, 4) is 5.75 Å². The fourth-order valence-electron chi connectivity index (χ4n) is 1.99. The van der Waals surface area contributed by atoms with Crippen LogP contribution in [0, 0.1) is 6.92 Å². The fourth-order valence-corrected chi connectivity index (χ4v) is 1.99. The van der Waals surface area contributed by atoms with E-state index in [4.69, 9.17) is 4.74 Å². The molecule has 0 atom stereocenters. The summed E-state index contributed by atoms with van der Waals surface area (Å²) in [5.41, 5.74) is 2.19. The third kappa shape index (κ3) is 4.58. The smallest absolute Gasteiger partial charge is 0.263 e. The molecule has 1 amide bonds. The largest absolute Gasteiger partial charge is 0.484 e. The maximum Gasteiger partial charge on any atom is 0.263 e. The number of ether oxygens (including phenoxy) is 1. The monoisotopic (exact) mass is 298 g/mol. The number of carbonyl (C=O) groups excluding carboxylic acids is 1. The van der Waals surface area contributed by atoms with Crippen molar-refractivity contribution in [1.29, 1.82) is 0 Å². The molecular formula is C18H22N2O2. The number of aromatic nitrogens is 1. The van der Waals surface area contributed by atoms with Gasteiger partial charge in [0.05, 0.1) is 0 Å². The van der Waals surface area contributed by atoms with Crippen LogP contribution in [0.25, 0.3) is 0 Å². The number of hydrogen-bond donors (Lipinski definition) is 1. The summed E-state index contributed by atoms with van der Waals surface area (Å²) in [5, 5.41) is 2.71. The molecule has 0 aliphatic heterocycles. The lowest BCUT2D eigenvalue weighted by Crippen LogP contribution is -2.21. The molecule has 116 valence electrons. The molecule has 0 bridgehead atoms. The number of anilines is 1. The van der Waals surface area contributed by atoms with Gasteiger partial charge in [-0.15, -0.1) is 0 Å². The van der Waals surface area contributed by atoms with Gasteiger partial charge in [-0.05, 0) is 42.2 Å². The Balaban J connectivity index is 1.88. The number of aryl methyl sites for hydroxylation is 1. The van der Waals surface area contributed by atoms with E-state index >= 15 is 0 Å². The van der Waals surface area contributed by atoms with Crippen molar-refractivity contribution in [2.75, 3.05) is 11.9 Å². The molecule has 4 heteroatoms. The predicted molar refractivity (Wildman–Crippen MR) is 88.2 cm³/mol. The predicted octanol–water partition coefficient (Wildman–Crippen LogP) is 3.71. The van der Waals surface area contributed by atoms with Crippen molar-refractivity contribution in [1.82, 2.24) is 4.98 Å². The number of nitrogens with one attached hydrogen (secondary N) is 1. The summed E-state index contributed by atoms with van der Waals surface area (Å²) in [5.74, 6) is 0.995. The van der Waals surface area contributed by atoms with Crippen LogP contribution in [0.5, 0.6) is 5.75 Å². The van der Waals surface area contributed by atoms with Gasteiger partial charge < -0.3 is 10.1 Å². The van der Waals surface area contributed by atoms with Gasteiger partial charge in [0.15, 0.2) is 6.61 Å². The van der Waals surface area contributed by atoms with Crippen LogP contribution in [-0.2, 0) is 10.2 Å². The quantitative estimate of drug-likeness (QED) is 0.936. The van der Waals surface area contributed by atoms with Crippen LogP contribution in [0.3, 0.4) is 0 Å². The van der Waals surface area contributed by atoms with Gasteiger partial charge in [0.1, 0.15) is 11.6 Å². The average molecular weight is 298 g/mol. The van der Waals surface area contributed by atoms with Crippen LogP contribution >= 0.6 is 0 Å². The molecule has 2 rings (SSSR count). The maximum atomic E-state index is 11.8. The van der Waals surface area contributed by atoms with E-state index in [9.17, 15) is 4.79 Å². The van der Waals surface area contributed by atoms with Crippen molar-refractivity contribution >= 4 is 11.7 Å². The molecule has 22 heavy (non-hydrogen) atoms. The Morgan fingerprint density at radius 2 is 1.82 bits per heavy atom. The molecule has 0 unspecified atom stereocenters. The molecule has 0 saturated heterocycles. The minimum Gasteiger partial charge on any atom is -0.484 e. The van der Waals surface area contributed by atoms with Crippen LogP contribution in [0.1, 0.15) is 32.0 Å². The number of hydrogen-bond acceptors (Lipinski definition) is 3. The van der Waals surface area contributed by atoms with Crippen molar-refractivity contribution in [3.63, 3.8) is 0 Å². The highest BCUT2D eigenvalue weighted by molar-refractivity contribution is 5.90. The van der Waals surface area contributed by atoms with Gasteiger partial charge >= 0.3 is 0 Å². The van der Waals surface area contributed by atoms with Gasteiger partial charge in [0.25, 0.3) is 5.91 Å². The van der Waals surface area contributed by atoms with Crippen LogP contribution in [0.15, 0.2) is 42.5 Å². The zero-order valence-corrected chi connectivity index (χ0v) is 13.5. The molecule has 0 radical (unpaired) electrons. The first-order valence-electron chi connectivity index (χ1n) is 7.31. The van der Waals surface area contributed by atoms with E-state index in [1.165, 1.54) is 5.56 Å². The zero-order valence-electron chi connectivity index (χ0n) is 13.5. The second-order valence-corrected chi connectivity index (χ2v) is 6.28. The van der Waals surface area contributed by atoms with Crippen molar-refractivity contribution in [2.24, 2.45) is 0 Å². The molecule has 1 heterocycles. The first-order valence-corrected chi connectivity index (χ1v) is 7.31. The Morgan fingerprint density at radius 1 is 1.14 bits per heavy atom. The van der Waals surface area contributed by atoms with Crippen LogP contribution in [-0.4, -0.2) is 17.5 Å². The average Bonchev–Trinajstić information content (AvgIpc) is 2.45. The highest BCUT2D eigenvalue weighted by atomic mass is 16.5.